The van der Waals surface area contributed by atoms with Gasteiger partial charge in [-0.25, -0.2) is 4.39 Å². The summed E-state index contributed by atoms with van der Waals surface area (Å²) in [5.41, 5.74) is -2.54. The number of halogens is 1. The minimum Gasteiger partial charge on any atom is -0.483 e. The number of amides is 1. The molecule has 10 heteroatoms. The predicted octanol–water partition coefficient (Wildman–Crippen LogP) is 0.190. The number of piperidine rings is 2. The van der Waals surface area contributed by atoms with Crippen LogP contribution in [-0.4, -0.2) is 93.5 Å². The fourth-order valence-electron chi connectivity index (χ4n) is 4.18. The summed E-state index contributed by atoms with van der Waals surface area (Å²) in [5.74, 6) is -2.12. The maximum absolute atomic E-state index is 13.2. The van der Waals surface area contributed by atoms with Gasteiger partial charge in [0.25, 0.3) is 12.4 Å². The lowest BCUT2D eigenvalue weighted by Crippen LogP contribution is -2.62. The number of hydrogen-bond acceptors (Lipinski definition) is 6. The van der Waals surface area contributed by atoms with E-state index in [9.17, 15) is 29.3 Å². The fraction of sp³-hybridized carbons (Fsp3) is 0.571. The quantitative estimate of drug-likeness (QED) is 0.487. The molecule has 4 N–H and O–H groups in total. The molecule has 0 bridgehead atoms. The number of hydrogen-bond donors (Lipinski definition) is 4. The van der Waals surface area contributed by atoms with Gasteiger partial charge >= 0.3 is 5.97 Å². The van der Waals surface area contributed by atoms with Crippen LogP contribution in [0.2, 0.25) is 0 Å². The zero-order valence-electron chi connectivity index (χ0n) is 17.4. The molecule has 0 radical (unpaired) electrons. The summed E-state index contributed by atoms with van der Waals surface area (Å²) in [5, 5.41) is 38.2. The molecule has 2 heterocycles. The van der Waals surface area contributed by atoms with Gasteiger partial charge in [-0.05, 0) is 50.4 Å². The van der Waals surface area contributed by atoms with Crippen LogP contribution in [0.15, 0.2) is 24.3 Å². The molecule has 2 atom stereocenters. The van der Waals surface area contributed by atoms with Gasteiger partial charge in [-0.3, -0.25) is 14.4 Å². The number of carboxylic acid groups (broad SMARTS) is 2. The minimum absolute atomic E-state index is 0.0330. The fourth-order valence-corrected chi connectivity index (χ4v) is 4.18. The lowest BCUT2D eigenvalue weighted by molar-refractivity contribution is -0.173. The first-order valence-corrected chi connectivity index (χ1v) is 10.0. The summed E-state index contributed by atoms with van der Waals surface area (Å²) in [6.07, 6.45) is -0.491. The monoisotopic (exact) mass is 440 g/mol. The average molecular weight is 440 g/mol. The molecule has 0 aromatic heterocycles. The van der Waals surface area contributed by atoms with Gasteiger partial charge in [-0.1, -0.05) is 12.1 Å². The molecular formula is C21H29FN2O7. The van der Waals surface area contributed by atoms with E-state index in [-0.39, 0.29) is 32.4 Å². The van der Waals surface area contributed by atoms with Crippen molar-refractivity contribution < 1.29 is 39.2 Å². The van der Waals surface area contributed by atoms with Gasteiger partial charge in [0.1, 0.15) is 16.8 Å². The van der Waals surface area contributed by atoms with E-state index in [1.165, 1.54) is 29.2 Å². The Morgan fingerprint density at radius 2 is 1.74 bits per heavy atom. The summed E-state index contributed by atoms with van der Waals surface area (Å²) >= 11 is 0. The van der Waals surface area contributed by atoms with Crippen molar-refractivity contribution in [3.8, 4) is 0 Å². The first-order chi connectivity index (χ1) is 14.6. The van der Waals surface area contributed by atoms with Crippen LogP contribution in [0.25, 0.3) is 0 Å². The molecule has 172 valence electrons. The highest BCUT2D eigenvalue weighted by atomic mass is 19.1. The Labute approximate surface area is 179 Å². The molecule has 9 nitrogen and oxygen atoms in total. The number of carbonyl (C=O) groups is 3. The second kappa shape index (κ2) is 10.2. The van der Waals surface area contributed by atoms with Crippen molar-refractivity contribution in [3.63, 3.8) is 0 Å². The molecule has 2 aliphatic rings. The Kier molecular flexibility index (Phi) is 8.10. The molecule has 0 unspecified atom stereocenters. The highest BCUT2D eigenvalue weighted by Crippen LogP contribution is 2.36. The summed E-state index contributed by atoms with van der Waals surface area (Å²) in [6.45, 7) is 0.908. The number of carbonyl (C=O) groups excluding carboxylic acids is 1. The number of carboxylic acids is 1. The van der Waals surface area contributed by atoms with Gasteiger partial charge in [-0.2, -0.15) is 0 Å². The highest BCUT2D eigenvalue weighted by molar-refractivity contribution is 5.86. The van der Waals surface area contributed by atoms with Crippen LogP contribution in [0, 0.1) is 11.2 Å². The number of benzene rings is 1. The second-order valence-electron chi connectivity index (χ2n) is 8.24. The lowest BCUT2D eigenvalue weighted by Gasteiger charge is -2.46. The van der Waals surface area contributed by atoms with Gasteiger partial charge < -0.3 is 30.2 Å². The third-order valence-electron chi connectivity index (χ3n) is 6.14. The number of aliphatic hydroxyl groups is 2. The standard InChI is InChI=1S/C20H27FN2O5.CH2O2/c1-22-10-7-20(28,8-11-22)17(25)23-9-6-16(24)19(13-23,18(26)27)12-14-2-4-15(21)5-3-14;2-1-3/h2-5,16,24,28H,6-13H2,1H3,(H,26,27);1H,(H,2,3)/t16-,19-;/m1./s1. The summed E-state index contributed by atoms with van der Waals surface area (Å²) in [6, 6.07) is 5.45. The second-order valence-corrected chi connectivity index (χ2v) is 8.24. The lowest BCUT2D eigenvalue weighted by atomic mass is 9.72. The van der Waals surface area contributed by atoms with Gasteiger partial charge in [0, 0.05) is 26.2 Å². The topological polar surface area (TPSA) is 139 Å². The van der Waals surface area contributed by atoms with Crippen molar-refractivity contribution in [3.05, 3.63) is 35.6 Å². The van der Waals surface area contributed by atoms with Crippen molar-refractivity contribution in [2.24, 2.45) is 5.41 Å². The van der Waals surface area contributed by atoms with Crippen molar-refractivity contribution in [2.75, 3.05) is 33.2 Å². The largest absolute Gasteiger partial charge is 0.483 e. The van der Waals surface area contributed by atoms with E-state index in [2.05, 4.69) is 0 Å². The Balaban J connectivity index is 0.00000107. The van der Waals surface area contributed by atoms with Crippen molar-refractivity contribution in [2.45, 2.75) is 37.4 Å². The third-order valence-corrected chi connectivity index (χ3v) is 6.14. The number of aliphatic hydroxyl groups excluding tert-OH is 1. The maximum atomic E-state index is 13.2. The summed E-state index contributed by atoms with van der Waals surface area (Å²) < 4.78 is 13.2. The molecule has 1 aromatic carbocycles. The summed E-state index contributed by atoms with van der Waals surface area (Å²) in [7, 11) is 1.92. The summed E-state index contributed by atoms with van der Waals surface area (Å²) in [4.78, 5) is 37.0. The van der Waals surface area contributed by atoms with E-state index in [4.69, 9.17) is 9.90 Å². The van der Waals surface area contributed by atoms with E-state index in [1.54, 1.807) is 0 Å². The van der Waals surface area contributed by atoms with Gasteiger partial charge in [0.2, 0.25) is 0 Å². The minimum atomic E-state index is -1.60. The molecule has 2 fully saturated rings. The normalized spacial score (nSPS) is 25.8. The van der Waals surface area contributed by atoms with Crippen LogP contribution in [0.5, 0.6) is 0 Å². The molecule has 2 saturated heterocycles. The molecular weight excluding hydrogens is 411 g/mol. The Bertz CT molecular complexity index is 780. The van der Waals surface area contributed by atoms with E-state index in [1.807, 2.05) is 11.9 Å². The predicted molar refractivity (Wildman–Crippen MR) is 108 cm³/mol. The highest BCUT2D eigenvalue weighted by Gasteiger charge is 2.52. The van der Waals surface area contributed by atoms with Gasteiger partial charge in [0.05, 0.1) is 6.10 Å². The van der Waals surface area contributed by atoms with Crippen molar-refractivity contribution >= 4 is 18.3 Å². The molecule has 3 rings (SSSR count). The maximum Gasteiger partial charge on any atom is 0.314 e. The van der Waals surface area contributed by atoms with Crippen LogP contribution in [0.1, 0.15) is 24.8 Å². The van der Waals surface area contributed by atoms with Crippen LogP contribution in [-0.2, 0) is 20.8 Å². The van der Waals surface area contributed by atoms with E-state index in [0.717, 1.165) is 0 Å². The van der Waals surface area contributed by atoms with E-state index >= 15 is 0 Å². The molecule has 0 spiro atoms. The van der Waals surface area contributed by atoms with Crippen LogP contribution >= 0.6 is 0 Å². The molecule has 31 heavy (non-hydrogen) atoms. The molecule has 2 aliphatic heterocycles. The smallest absolute Gasteiger partial charge is 0.314 e. The number of nitrogens with zero attached hydrogens (tertiary/aromatic N) is 2. The number of likely N-dealkylation sites (tertiary alicyclic amines) is 2. The Hall–Kier alpha value is -2.56. The zero-order chi connectivity index (χ0) is 23.2. The van der Waals surface area contributed by atoms with Crippen molar-refractivity contribution in [1.29, 1.82) is 0 Å². The Morgan fingerprint density at radius 1 is 1.19 bits per heavy atom. The number of rotatable bonds is 4. The van der Waals surface area contributed by atoms with E-state index < -0.39 is 34.8 Å². The van der Waals surface area contributed by atoms with Crippen LogP contribution in [0.4, 0.5) is 4.39 Å². The SMILES string of the molecule is CN1CCC(O)(C(=O)N2CC[C@@H](O)[C@](Cc3ccc(F)cc3)(C(=O)O)C2)CC1.O=CO. The first kappa shape index (κ1) is 24.7. The third kappa shape index (κ3) is 5.57. The molecule has 0 aliphatic carbocycles. The average Bonchev–Trinajstić information content (AvgIpc) is 2.73. The molecule has 1 aromatic rings. The molecule has 1 amide bonds. The van der Waals surface area contributed by atoms with Crippen LogP contribution < -0.4 is 0 Å². The van der Waals surface area contributed by atoms with Crippen LogP contribution in [0.3, 0.4) is 0 Å². The van der Waals surface area contributed by atoms with Gasteiger partial charge in [0.15, 0.2) is 0 Å². The van der Waals surface area contributed by atoms with Crippen molar-refractivity contribution in [1.82, 2.24) is 9.80 Å². The van der Waals surface area contributed by atoms with E-state index in [0.29, 0.717) is 31.5 Å². The number of aliphatic carboxylic acids is 1. The Morgan fingerprint density at radius 3 is 2.26 bits per heavy atom. The molecule has 0 saturated carbocycles. The first-order valence-electron chi connectivity index (χ1n) is 10.0. The van der Waals surface area contributed by atoms with Gasteiger partial charge in [-0.15, -0.1) is 0 Å². The zero-order valence-corrected chi connectivity index (χ0v) is 17.4.